The lowest BCUT2D eigenvalue weighted by molar-refractivity contribution is 0.293. The fourth-order valence-corrected chi connectivity index (χ4v) is 2.83. The summed E-state index contributed by atoms with van der Waals surface area (Å²) >= 11 is 0. The molecular formula is C17H32IN5. The predicted molar refractivity (Wildman–Crippen MR) is 109 cm³/mol. The molecule has 0 saturated carbocycles. The van der Waals surface area contributed by atoms with Crippen molar-refractivity contribution in [2.24, 2.45) is 4.99 Å². The van der Waals surface area contributed by atoms with Crippen LogP contribution in [-0.4, -0.2) is 54.7 Å². The van der Waals surface area contributed by atoms with Gasteiger partial charge >= 0.3 is 0 Å². The van der Waals surface area contributed by atoms with Crippen LogP contribution in [0.2, 0.25) is 0 Å². The monoisotopic (exact) mass is 433 g/mol. The van der Waals surface area contributed by atoms with Crippen LogP contribution in [-0.2, 0) is 6.54 Å². The Hall–Kier alpha value is -0.760. The summed E-state index contributed by atoms with van der Waals surface area (Å²) in [6.45, 7) is 9.30. The Labute approximate surface area is 157 Å². The van der Waals surface area contributed by atoms with Crippen molar-refractivity contribution in [3.05, 3.63) is 24.5 Å². The molecule has 0 amide bonds. The molecule has 23 heavy (non-hydrogen) atoms. The van der Waals surface area contributed by atoms with E-state index in [-0.39, 0.29) is 24.0 Å². The molecule has 1 aliphatic rings. The van der Waals surface area contributed by atoms with E-state index < -0.39 is 0 Å². The van der Waals surface area contributed by atoms with Gasteiger partial charge in [0.05, 0.1) is 6.54 Å². The minimum absolute atomic E-state index is 0. The maximum absolute atomic E-state index is 4.70. The maximum atomic E-state index is 4.70. The van der Waals surface area contributed by atoms with Crippen LogP contribution in [0, 0.1) is 0 Å². The van der Waals surface area contributed by atoms with Crippen LogP contribution >= 0.6 is 24.0 Å². The van der Waals surface area contributed by atoms with E-state index in [0.29, 0.717) is 0 Å². The molecule has 0 spiro atoms. The van der Waals surface area contributed by atoms with Crippen molar-refractivity contribution in [1.82, 2.24) is 20.1 Å². The molecule has 1 aromatic heterocycles. The summed E-state index contributed by atoms with van der Waals surface area (Å²) in [6, 6.07) is 4.11. The zero-order valence-electron chi connectivity index (χ0n) is 14.3. The lowest BCUT2D eigenvalue weighted by atomic mass is 10.2. The van der Waals surface area contributed by atoms with E-state index in [2.05, 4.69) is 51.6 Å². The van der Waals surface area contributed by atoms with Crippen molar-refractivity contribution in [2.75, 3.05) is 39.3 Å². The Bertz CT molecular complexity index is 411. The lowest BCUT2D eigenvalue weighted by Crippen LogP contribution is -2.39. The average Bonchev–Trinajstić information content (AvgIpc) is 2.90. The Kier molecular flexibility index (Phi) is 11.1. The van der Waals surface area contributed by atoms with Gasteiger partial charge in [-0.15, -0.1) is 24.0 Å². The van der Waals surface area contributed by atoms with Crippen molar-refractivity contribution in [3.8, 4) is 0 Å². The summed E-state index contributed by atoms with van der Waals surface area (Å²) < 4.78 is 2.17. The minimum Gasteiger partial charge on any atom is -0.357 e. The van der Waals surface area contributed by atoms with E-state index >= 15 is 0 Å². The van der Waals surface area contributed by atoms with Gasteiger partial charge in [-0.25, -0.2) is 0 Å². The molecule has 0 unspecified atom stereocenters. The quantitative estimate of drug-likeness (QED) is 0.395. The molecule has 5 nitrogen and oxygen atoms in total. The second-order valence-electron chi connectivity index (χ2n) is 5.86. The second-order valence-corrected chi connectivity index (χ2v) is 5.86. The zero-order chi connectivity index (χ0) is 15.5. The highest BCUT2D eigenvalue weighted by atomic mass is 127. The summed E-state index contributed by atoms with van der Waals surface area (Å²) in [5.41, 5.74) is 0. The Morgan fingerprint density at radius 2 is 1.70 bits per heavy atom. The fraction of sp³-hybridized carbons (Fsp3) is 0.706. The van der Waals surface area contributed by atoms with Crippen LogP contribution in [0.1, 0.15) is 32.6 Å². The third-order valence-corrected chi connectivity index (χ3v) is 4.06. The van der Waals surface area contributed by atoms with E-state index in [1.54, 1.807) is 0 Å². The summed E-state index contributed by atoms with van der Waals surface area (Å²) in [5.74, 6) is 0.935. The van der Waals surface area contributed by atoms with Crippen molar-refractivity contribution in [3.63, 3.8) is 0 Å². The topological polar surface area (TPSA) is 44.6 Å². The second kappa shape index (κ2) is 12.6. The smallest absolute Gasteiger partial charge is 0.191 e. The number of aromatic nitrogens is 1. The number of likely N-dealkylation sites (tertiary alicyclic amines) is 1. The van der Waals surface area contributed by atoms with Gasteiger partial charge < -0.3 is 20.1 Å². The molecule has 0 aromatic carbocycles. The molecule has 1 saturated heterocycles. The molecule has 2 rings (SSSR count). The summed E-state index contributed by atoms with van der Waals surface area (Å²) in [6.07, 6.45) is 9.65. The van der Waals surface area contributed by atoms with Gasteiger partial charge in [-0.05, 0) is 45.0 Å². The van der Waals surface area contributed by atoms with Crippen LogP contribution in [0.3, 0.4) is 0 Å². The molecule has 0 bridgehead atoms. The number of hydrogen-bond donors (Lipinski definition) is 2. The maximum Gasteiger partial charge on any atom is 0.191 e. The predicted octanol–water partition coefficient (Wildman–Crippen LogP) is 2.54. The third kappa shape index (κ3) is 8.60. The minimum atomic E-state index is 0. The molecule has 6 heteroatoms. The van der Waals surface area contributed by atoms with E-state index in [4.69, 9.17) is 4.99 Å². The molecule has 132 valence electrons. The van der Waals surface area contributed by atoms with Crippen molar-refractivity contribution in [1.29, 1.82) is 0 Å². The highest BCUT2D eigenvalue weighted by Crippen LogP contribution is 2.08. The molecule has 0 radical (unpaired) electrons. The van der Waals surface area contributed by atoms with E-state index in [9.17, 15) is 0 Å². The van der Waals surface area contributed by atoms with Crippen molar-refractivity contribution in [2.45, 2.75) is 39.2 Å². The van der Waals surface area contributed by atoms with E-state index in [1.807, 2.05) is 0 Å². The van der Waals surface area contributed by atoms with Crippen LogP contribution in [0.5, 0.6) is 0 Å². The van der Waals surface area contributed by atoms with Crippen LogP contribution in [0.4, 0.5) is 0 Å². The van der Waals surface area contributed by atoms with Gasteiger partial charge in [0.2, 0.25) is 0 Å². The van der Waals surface area contributed by atoms with Crippen molar-refractivity contribution >= 4 is 29.9 Å². The first-order chi connectivity index (χ1) is 10.9. The molecule has 0 aliphatic carbocycles. The average molecular weight is 433 g/mol. The summed E-state index contributed by atoms with van der Waals surface area (Å²) in [4.78, 5) is 7.26. The number of nitrogens with one attached hydrogen (secondary N) is 2. The number of hydrogen-bond acceptors (Lipinski definition) is 2. The number of guanidine groups is 1. The molecule has 1 fully saturated rings. The molecule has 0 atom stereocenters. The highest BCUT2D eigenvalue weighted by molar-refractivity contribution is 14.0. The largest absolute Gasteiger partial charge is 0.357 e. The first kappa shape index (κ1) is 20.3. The van der Waals surface area contributed by atoms with Gasteiger partial charge in [0.15, 0.2) is 5.96 Å². The fourth-order valence-electron chi connectivity index (χ4n) is 2.83. The molecule has 1 aromatic rings. The first-order valence-corrected chi connectivity index (χ1v) is 8.74. The standard InChI is InChI=1S/C17H31N5.HI/c1-2-18-17(20-10-16-22-13-7-8-14-22)19-9-15-21-11-5-3-4-6-12-21;/h7-8,13-14H,2-6,9-12,15-16H2,1H3,(H2,18,19,20);1H. The SMILES string of the molecule is CCNC(=NCCN1CCCCCC1)NCCn1cccc1.I. The van der Waals surface area contributed by atoms with E-state index in [1.165, 1.54) is 38.8 Å². The Balaban J connectivity index is 0.00000264. The van der Waals surface area contributed by atoms with Gasteiger partial charge in [0.25, 0.3) is 0 Å². The Morgan fingerprint density at radius 3 is 2.35 bits per heavy atom. The van der Waals surface area contributed by atoms with Crippen LogP contribution < -0.4 is 10.6 Å². The van der Waals surface area contributed by atoms with Crippen LogP contribution in [0.25, 0.3) is 0 Å². The summed E-state index contributed by atoms with van der Waals surface area (Å²) in [7, 11) is 0. The number of halogens is 1. The highest BCUT2D eigenvalue weighted by Gasteiger charge is 2.08. The van der Waals surface area contributed by atoms with Gasteiger partial charge in [-0.1, -0.05) is 12.8 Å². The van der Waals surface area contributed by atoms with Gasteiger partial charge in [-0.3, -0.25) is 4.99 Å². The van der Waals surface area contributed by atoms with Gasteiger partial charge in [0.1, 0.15) is 0 Å². The molecule has 2 heterocycles. The number of nitrogens with zero attached hydrogens (tertiary/aromatic N) is 3. The molecule has 2 N–H and O–H groups in total. The summed E-state index contributed by atoms with van der Waals surface area (Å²) in [5, 5.41) is 6.73. The molecule has 1 aliphatic heterocycles. The number of rotatable bonds is 7. The third-order valence-electron chi connectivity index (χ3n) is 4.06. The van der Waals surface area contributed by atoms with Gasteiger partial charge in [-0.2, -0.15) is 0 Å². The Morgan fingerprint density at radius 1 is 1.00 bits per heavy atom. The normalized spacial score (nSPS) is 16.5. The van der Waals surface area contributed by atoms with Crippen molar-refractivity contribution < 1.29 is 0 Å². The van der Waals surface area contributed by atoms with Crippen LogP contribution in [0.15, 0.2) is 29.5 Å². The van der Waals surface area contributed by atoms with E-state index in [0.717, 1.165) is 38.7 Å². The zero-order valence-corrected chi connectivity index (χ0v) is 16.7. The molecular weight excluding hydrogens is 401 g/mol. The van der Waals surface area contributed by atoms with Gasteiger partial charge in [0, 0.05) is 38.6 Å². The number of aliphatic imine (C=N–C) groups is 1. The first-order valence-electron chi connectivity index (χ1n) is 8.74. The lowest BCUT2D eigenvalue weighted by Gasteiger charge is -2.19.